The number of anilines is 1. The predicted molar refractivity (Wildman–Crippen MR) is 107 cm³/mol. The lowest BCUT2D eigenvalue weighted by atomic mass is 10.1. The van der Waals surface area contributed by atoms with Crippen LogP contribution in [-0.4, -0.2) is 55.9 Å². The van der Waals surface area contributed by atoms with E-state index in [1.807, 2.05) is 38.1 Å². The molecule has 1 N–H and O–H groups in total. The van der Waals surface area contributed by atoms with Crippen LogP contribution in [0.2, 0.25) is 0 Å². The van der Waals surface area contributed by atoms with Crippen molar-refractivity contribution in [3.63, 3.8) is 0 Å². The number of ether oxygens (including phenoxy) is 4. The van der Waals surface area contributed by atoms with Crippen LogP contribution in [0.4, 0.5) is 5.82 Å². The molecule has 1 aromatic carbocycles. The summed E-state index contributed by atoms with van der Waals surface area (Å²) in [6, 6.07) is 7.74. The second-order valence-electron chi connectivity index (χ2n) is 6.33. The normalized spacial score (nSPS) is 11.2. The van der Waals surface area contributed by atoms with E-state index in [-0.39, 0.29) is 6.29 Å². The summed E-state index contributed by atoms with van der Waals surface area (Å²) in [5.41, 5.74) is 4.41. The molecule has 0 amide bonds. The molecule has 0 saturated heterocycles. The monoisotopic (exact) mass is 386 g/mol. The van der Waals surface area contributed by atoms with E-state index >= 15 is 0 Å². The third-order valence-corrected chi connectivity index (χ3v) is 4.54. The van der Waals surface area contributed by atoms with Crippen LogP contribution in [0.3, 0.4) is 0 Å². The van der Waals surface area contributed by atoms with Crippen LogP contribution < -0.4 is 14.8 Å². The number of hydrogen-bond donors (Lipinski definition) is 1. The van der Waals surface area contributed by atoms with Gasteiger partial charge in [-0.25, -0.2) is 4.98 Å². The van der Waals surface area contributed by atoms with Crippen molar-refractivity contribution in [3.05, 3.63) is 35.7 Å². The molecule has 3 rings (SSSR count). The van der Waals surface area contributed by atoms with Gasteiger partial charge in [-0.15, -0.1) is 0 Å². The molecule has 0 aliphatic carbocycles. The number of hydrogen-bond acceptors (Lipinski definition) is 7. The minimum absolute atomic E-state index is 0.356. The Morgan fingerprint density at radius 1 is 1.00 bits per heavy atom. The molecule has 0 aliphatic rings. The molecule has 0 fully saturated rings. The fraction of sp³-hybridized carbons (Fsp3) is 0.400. The van der Waals surface area contributed by atoms with Crippen molar-refractivity contribution >= 4 is 11.5 Å². The van der Waals surface area contributed by atoms with Crippen LogP contribution in [0.1, 0.15) is 11.4 Å². The van der Waals surface area contributed by atoms with Crippen LogP contribution in [0.25, 0.3) is 16.8 Å². The van der Waals surface area contributed by atoms with Gasteiger partial charge in [0.1, 0.15) is 5.82 Å². The van der Waals surface area contributed by atoms with Gasteiger partial charge in [0.25, 0.3) is 0 Å². The average Bonchev–Trinajstić information content (AvgIpc) is 3.03. The summed E-state index contributed by atoms with van der Waals surface area (Å²) in [7, 11) is 6.46. The zero-order valence-electron chi connectivity index (χ0n) is 17.1. The van der Waals surface area contributed by atoms with E-state index < -0.39 is 0 Å². The first-order chi connectivity index (χ1) is 13.5. The van der Waals surface area contributed by atoms with E-state index in [4.69, 9.17) is 29.0 Å². The number of nitrogens with zero attached hydrogens (tertiary/aromatic N) is 3. The highest BCUT2D eigenvalue weighted by atomic mass is 16.7. The molecule has 8 heteroatoms. The van der Waals surface area contributed by atoms with Gasteiger partial charge in [-0.2, -0.15) is 9.61 Å². The Labute approximate surface area is 164 Å². The maximum atomic E-state index is 5.45. The van der Waals surface area contributed by atoms with Crippen LogP contribution >= 0.6 is 0 Å². The standard InChI is InChI=1S/C20H26N4O4/c1-12-9-17(21-11-18(27-5)28-6)24-20(22-12)19(13(2)23-24)14-7-8-15(25-3)16(10-14)26-4/h7-10,18,21H,11H2,1-6H3. The highest BCUT2D eigenvalue weighted by molar-refractivity contribution is 5.82. The first-order valence-electron chi connectivity index (χ1n) is 8.91. The fourth-order valence-electron chi connectivity index (χ4n) is 3.15. The summed E-state index contributed by atoms with van der Waals surface area (Å²) in [5, 5.41) is 8.03. The van der Waals surface area contributed by atoms with E-state index in [1.165, 1.54) is 0 Å². The maximum absolute atomic E-state index is 5.45. The average molecular weight is 386 g/mol. The van der Waals surface area contributed by atoms with E-state index in [1.54, 1.807) is 33.0 Å². The minimum Gasteiger partial charge on any atom is -0.493 e. The van der Waals surface area contributed by atoms with Gasteiger partial charge in [0.15, 0.2) is 23.4 Å². The predicted octanol–water partition coefficient (Wildman–Crippen LogP) is 3.06. The lowest BCUT2D eigenvalue weighted by molar-refractivity contribution is -0.0914. The van der Waals surface area contributed by atoms with Crippen molar-refractivity contribution in [1.82, 2.24) is 14.6 Å². The summed E-state index contributed by atoms with van der Waals surface area (Å²) >= 11 is 0. The molecule has 2 heterocycles. The molecule has 2 aromatic heterocycles. The van der Waals surface area contributed by atoms with Crippen molar-refractivity contribution in [1.29, 1.82) is 0 Å². The molecule has 0 saturated carbocycles. The zero-order chi connectivity index (χ0) is 20.3. The Bertz CT molecular complexity index is 966. The lowest BCUT2D eigenvalue weighted by Gasteiger charge is -2.15. The van der Waals surface area contributed by atoms with Crippen molar-refractivity contribution in [3.8, 4) is 22.6 Å². The van der Waals surface area contributed by atoms with Gasteiger partial charge in [0, 0.05) is 31.5 Å². The Morgan fingerprint density at radius 2 is 1.71 bits per heavy atom. The van der Waals surface area contributed by atoms with E-state index in [9.17, 15) is 0 Å². The second kappa shape index (κ2) is 8.45. The SMILES string of the molecule is COc1ccc(-c2c(C)nn3c(NCC(OC)OC)cc(C)nc23)cc1OC. The van der Waals surface area contributed by atoms with Gasteiger partial charge >= 0.3 is 0 Å². The Balaban J connectivity index is 2.09. The molecule has 3 aromatic rings. The summed E-state index contributed by atoms with van der Waals surface area (Å²) in [5.74, 6) is 2.15. The smallest absolute Gasteiger partial charge is 0.173 e. The first-order valence-corrected chi connectivity index (χ1v) is 8.91. The summed E-state index contributed by atoms with van der Waals surface area (Å²) < 4.78 is 23.1. The molecule has 0 unspecified atom stereocenters. The number of rotatable bonds is 8. The molecule has 0 radical (unpaired) electrons. The second-order valence-corrected chi connectivity index (χ2v) is 6.33. The van der Waals surface area contributed by atoms with Gasteiger partial charge < -0.3 is 24.3 Å². The molecule has 28 heavy (non-hydrogen) atoms. The summed E-state index contributed by atoms with van der Waals surface area (Å²) in [6.07, 6.45) is -0.356. The van der Waals surface area contributed by atoms with Crippen LogP contribution in [0.15, 0.2) is 24.3 Å². The maximum Gasteiger partial charge on any atom is 0.173 e. The molecular weight excluding hydrogens is 360 g/mol. The van der Waals surface area contributed by atoms with Crippen molar-refractivity contribution < 1.29 is 18.9 Å². The molecule has 0 bridgehead atoms. The van der Waals surface area contributed by atoms with Gasteiger partial charge in [-0.05, 0) is 31.5 Å². The molecule has 0 aliphatic heterocycles. The first kappa shape index (κ1) is 19.9. The highest BCUT2D eigenvalue weighted by Crippen LogP contribution is 2.35. The number of aryl methyl sites for hydroxylation is 2. The quantitative estimate of drug-likeness (QED) is 0.596. The van der Waals surface area contributed by atoms with E-state index in [0.29, 0.717) is 18.0 Å². The topological polar surface area (TPSA) is 79.1 Å². The summed E-state index contributed by atoms with van der Waals surface area (Å²) in [4.78, 5) is 4.72. The number of methoxy groups -OCH3 is 4. The molecule has 0 atom stereocenters. The van der Waals surface area contributed by atoms with Gasteiger partial charge in [-0.1, -0.05) is 6.07 Å². The molecule has 150 valence electrons. The van der Waals surface area contributed by atoms with E-state index in [2.05, 4.69) is 5.32 Å². The Kier molecular flexibility index (Phi) is 6.01. The van der Waals surface area contributed by atoms with Crippen molar-refractivity contribution in [2.24, 2.45) is 0 Å². The summed E-state index contributed by atoms with van der Waals surface area (Å²) in [6.45, 7) is 4.40. The zero-order valence-corrected chi connectivity index (χ0v) is 17.1. The lowest BCUT2D eigenvalue weighted by Crippen LogP contribution is -2.24. The minimum atomic E-state index is -0.356. The van der Waals surface area contributed by atoms with Crippen LogP contribution in [0, 0.1) is 13.8 Å². The number of nitrogens with one attached hydrogen (secondary N) is 1. The third kappa shape index (κ3) is 3.74. The van der Waals surface area contributed by atoms with Gasteiger partial charge in [0.2, 0.25) is 0 Å². The van der Waals surface area contributed by atoms with Gasteiger partial charge in [-0.3, -0.25) is 0 Å². The molecule has 0 spiro atoms. The Hall–Kier alpha value is -2.84. The Morgan fingerprint density at radius 3 is 2.36 bits per heavy atom. The van der Waals surface area contributed by atoms with E-state index in [0.717, 1.165) is 34.0 Å². The fourth-order valence-corrected chi connectivity index (χ4v) is 3.15. The number of fused-ring (bicyclic) bond motifs is 1. The molecular formula is C20H26N4O4. The van der Waals surface area contributed by atoms with Crippen LogP contribution in [0.5, 0.6) is 11.5 Å². The highest BCUT2D eigenvalue weighted by Gasteiger charge is 2.18. The van der Waals surface area contributed by atoms with Crippen molar-refractivity contribution in [2.45, 2.75) is 20.1 Å². The van der Waals surface area contributed by atoms with Crippen molar-refractivity contribution in [2.75, 3.05) is 40.3 Å². The van der Waals surface area contributed by atoms with Crippen LogP contribution in [-0.2, 0) is 9.47 Å². The third-order valence-electron chi connectivity index (χ3n) is 4.54. The molecule has 8 nitrogen and oxygen atoms in total. The van der Waals surface area contributed by atoms with Gasteiger partial charge in [0.05, 0.1) is 26.5 Å². The number of aromatic nitrogens is 3. The number of benzene rings is 1. The largest absolute Gasteiger partial charge is 0.493 e.